The first-order valence-electron chi connectivity index (χ1n) is 5.62. The van der Waals surface area contributed by atoms with E-state index in [0.717, 1.165) is 25.7 Å². The van der Waals surface area contributed by atoms with Gasteiger partial charge in [-0.3, -0.25) is 0 Å². The Bertz CT molecular complexity index is 229. The Labute approximate surface area is 104 Å². The Kier molecular flexibility index (Phi) is 6.11. The molecule has 0 aromatic heterocycles. The van der Waals surface area contributed by atoms with Crippen LogP contribution >= 0.6 is 12.4 Å². The minimum atomic E-state index is -0.430. The van der Waals surface area contributed by atoms with Gasteiger partial charge in [0, 0.05) is 12.1 Å². The van der Waals surface area contributed by atoms with E-state index in [9.17, 15) is 4.79 Å². The fourth-order valence-electron chi connectivity index (χ4n) is 1.83. The van der Waals surface area contributed by atoms with Crippen LogP contribution in [0.3, 0.4) is 0 Å². The van der Waals surface area contributed by atoms with Crippen molar-refractivity contribution in [3.8, 4) is 0 Å². The zero-order chi connectivity index (χ0) is 11.5. The van der Waals surface area contributed by atoms with Crippen molar-refractivity contribution in [2.45, 2.75) is 64.1 Å². The summed E-state index contributed by atoms with van der Waals surface area (Å²) < 4.78 is 5.18. The summed E-state index contributed by atoms with van der Waals surface area (Å²) in [6.07, 6.45) is 3.68. The van der Waals surface area contributed by atoms with E-state index >= 15 is 0 Å². The quantitative estimate of drug-likeness (QED) is 0.750. The van der Waals surface area contributed by atoms with Gasteiger partial charge in [0.05, 0.1) is 0 Å². The number of nitrogens with two attached hydrogens (primary N) is 1. The van der Waals surface area contributed by atoms with E-state index in [0.29, 0.717) is 0 Å². The first-order valence-corrected chi connectivity index (χ1v) is 5.62. The molecule has 3 N–H and O–H groups in total. The van der Waals surface area contributed by atoms with Crippen LogP contribution in [0, 0.1) is 0 Å². The Morgan fingerprint density at radius 1 is 1.38 bits per heavy atom. The van der Waals surface area contributed by atoms with E-state index in [2.05, 4.69) is 5.32 Å². The molecular formula is C11H23ClN2O2. The SMILES string of the molecule is CC(C)(C)OC(=O)N[C@@H]1CCC[C@H](N)C1.Cl. The highest BCUT2D eigenvalue weighted by Crippen LogP contribution is 2.17. The van der Waals surface area contributed by atoms with Crippen molar-refractivity contribution in [3.05, 3.63) is 0 Å². The summed E-state index contributed by atoms with van der Waals surface area (Å²) in [5.41, 5.74) is 5.41. The summed E-state index contributed by atoms with van der Waals surface area (Å²) >= 11 is 0. The molecule has 0 unspecified atom stereocenters. The maximum absolute atomic E-state index is 11.5. The average Bonchev–Trinajstić information content (AvgIpc) is 1.99. The second-order valence-electron chi connectivity index (χ2n) is 5.27. The van der Waals surface area contributed by atoms with E-state index in [1.54, 1.807) is 0 Å². The maximum Gasteiger partial charge on any atom is 0.407 e. The summed E-state index contributed by atoms with van der Waals surface area (Å²) in [6, 6.07) is 0.405. The lowest BCUT2D eigenvalue weighted by atomic mass is 9.92. The van der Waals surface area contributed by atoms with Crippen molar-refractivity contribution < 1.29 is 9.53 Å². The van der Waals surface area contributed by atoms with Crippen LogP contribution in [0.15, 0.2) is 0 Å². The lowest BCUT2D eigenvalue weighted by Crippen LogP contribution is -2.44. The highest BCUT2D eigenvalue weighted by Gasteiger charge is 2.23. The van der Waals surface area contributed by atoms with Crippen molar-refractivity contribution in [1.82, 2.24) is 5.32 Å². The zero-order valence-corrected chi connectivity index (χ0v) is 11.1. The molecule has 0 aromatic carbocycles. The monoisotopic (exact) mass is 250 g/mol. The largest absolute Gasteiger partial charge is 0.444 e. The third kappa shape index (κ3) is 6.18. The second-order valence-corrected chi connectivity index (χ2v) is 5.27. The molecule has 0 radical (unpaired) electrons. The predicted molar refractivity (Wildman–Crippen MR) is 66.8 cm³/mol. The first-order chi connectivity index (χ1) is 6.87. The number of hydrogen-bond acceptors (Lipinski definition) is 3. The fraction of sp³-hybridized carbons (Fsp3) is 0.909. The predicted octanol–water partition coefficient (Wildman–Crippen LogP) is 2.20. The van der Waals surface area contributed by atoms with Gasteiger partial charge in [0.2, 0.25) is 0 Å². The van der Waals surface area contributed by atoms with Gasteiger partial charge in [-0.25, -0.2) is 4.79 Å². The lowest BCUT2D eigenvalue weighted by Gasteiger charge is -2.28. The van der Waals surface area contributed by atoms with Gasteiger partial charge >= 0.3 is 6.09 Å². The standard InChI is InChI=1S/C11H22N2O2.ClH/c1-11(2,3)15-10(14)13-9-6-4-5-8(12)7-9;/h8-9H,4-7,12H2,1-3H3,(H,13,14);1H/t8-,9+;/m0./s1. The third-order valence-corrected chi connectivity index (χ3v) is 2.44. The van der Waals surface area contributed by atoms with Gasteiger partial charge < -0.3 is 15.8 Å². The number of ether oxygens (including phenoxy) is 1. The van der Waals surface area contributed by atoms with Crippen LogP contribution in [-0.2, 0) is 4.74 Å². The van der Waals surface area contributed by atoms with Gasteiger partial charge in [-0.2, -0.15) is 0 Å². The van der Waals surface area contributed by atoms with Crippen LogP contribution in [0.5, 0.6) is 0 Å². The van der Waals surface area contributed by atoms with Crippen LogP contribution < -0.4 is 11.1 Å². The van der Waals surface area contributed by atoms with Gasteiger partial charge in [0.15, 0.2) is 0 Å². The van der Waals surface area contributed by atoms with E-state index in [4.69, 9.17) is 10.5 Å². The Morgan fingerprint density at radius 2 is 2.00 bits per heavy atom. The molecule has 1 aliphatic carbocycles. The number of hydrogen-bond donors (Lipinski definition) is 2. The molecule has 1 rings (SSSR count). The van der Waals surface area contributed by atoms with Crippen LogP contribution in [0.2, 0.25) is 0 Å². The summed E-state index contributed by atoms with van der Waals surface area (Å²) in [7, 11) is 0. The molecule has 1 fully saturated rings. The number of carbonyl (C=O) groups excluding carboxylic acids is 1. The molecule has 0 heterocycles. The smallest absolute Gasteiger partial charge is 0.407 e. The average molecular weight is 251 g/mol. The van der Waals surface area contributed by atoms with Crippen LogP contribution in [-0.4, -0.2) is 23.8 Å². The van der Waals surface area contributed by atoms with E-state index in [1.165, 1.54) is 0 Å². The van der Waals surface area contributed by atoms with Gasteiger partial charge in [0.1, 0.15) is 5.60 Å². The molecular weight excluding hydrogens is 228 g/mol. The number of rotatable bonds is 1. The van der Waals surface area contributed by atoms with E-state index < -0.39 is 5.60 Å². The third-order valence-electron chi connectivity index (χ3n) is 2.44. The van der Waals surface area contributed by atoms with Gasteiger partial charge in [-0.15, -0.1) is 12.4 Å². The summed E-state index contributed by atoms with van der Waals surface area (Å²) in [5, 5.41) is 2.86. The van der Waals surface area contributed by atoms with Crippen molar-refractivity contribution in [2.24, 2.45) is 5.73 Å². The second kappa shape index (κ2) is 6.30. The van der Waals surface area contributed by atoms with Crippen molar-refractivity contribution in [2.75, 3.05) is 0 Å². The lowest BCUT2D eigenvalue weighted by molar-refractivity contribution is 0.0491. The molecule has 1 aliphatic rings. The summed E-state index contributed by atoms with van der Waals surface area (Å²) in [4.78, 5) is 11.5. The van der Waals surface area contributed by atoms with Crippen molar-refractivity contribution >= 4 is 18.5 Å². The molecule has 1 saturated carbocycles. The van der Waals surface area contributed by atoms with Crippen LogP contribution in [0.1, 0.15) is 46.5 Å². The molecule has 0 bridgehead atoms. The zero-order valence-electron chi connectivity index (χ0n) is 10.3. The highest BCUT2D eigenvalue weighted by atomic mass is 35.5. The number of amides is 1. The van der Waals surface area contributed by atoms with E-state index in [-0.39, 0.29) is 30.6 Å². The molecule has 0 aliphatic heterocycles. The number of carbonyl (C=O) groups is 1. The molecule has 0 saturated heterocycles. The van der Waals surface area contributed by atoms with Gasteiger partial charge in [-0.1, -0.05) is 0 Å². The van der Waals surface area contributed by atoms with Gasteiger partial charge in [-0.05, 0) is 46.5 Å². The highest BCUT2D eigenvalue weighted by molar-refractivity contribution is 5.85. The molecule has 4 nitrogen and oxygen atoms in total. The normalized spacial score (nSPS) is 25.5. The number of halogens is 1. The minimum Gasteiger partial charge on any atom is -0.444 e. The van der Waals surface area contributed by atoms with Crippen molar-refractivity contribution in [3.63, 3.8) is 0 Å². The van der Waals surface area contributed by atoms with E-state index in [1.807, 2.05) is 20.8 Å². The first kappa shape index (κ1) is 15.5. The Morgan fingerprint density at radius 3 is 2.50 bits per heavy atom. The topological polar surface area (TPSA) is 64.3 Å². The molecule has 16 heavy (non-hydrogen) atoms. The Balaban J connectivity index is 0.00000225. The molecule has 0 aromatic rings. The number of alkyl carbamates (subject to hydrolysis) is 1. The molecule has 0 spiro atoms. The minimum absolute atomic E-state index is 0. The summed E-state index contributed by atoms with van der Waals surface area (Å²) in [6.45, 7) is 5.58. The molecule has 5 heteroatoms. The molecule has 2 atom stereocenters. The molecule has 1 amide bonds. The Hall–Kier alpha value is -0.480. The van der Waals surface area contributed by atoms with Crippen LogP contribution in [0.4, 0.5) is 4.79 Å². The van der Waals surface area contributed by atoms with Crippen LogP contribution in [0.25, 0.3) is 0 Å². The molecule has 96 valence electrons. The summed E-state index contributed by atoms with van der Waals surface area (Å²) in [5.74, 6) is 0. The fourth-order valence-corrected chi connectivity index (χ4v) is 1.83. The number of nitrogens with one attached hydrogen (secondary N) is 1. The maximum atomic E-state index is 11.5. The van der Waals surface area contributed by atoms with Crippen molar-refractivity contribution in [1.29, 1.82) is 0 Å². The van der Waals surface area contributed by atoms with Gasteiger partial charge in [0.25, 0.3) is 0 Å².